The van der Waals surface area contributed by atoms with E-state index < -0.39 is 11.9 Å². The van der Waals surface area contributed by atoms with Crippen LogP contribution in [0.2, 0.25) is 0 Å². The number of hydrogen-bond donors (Lipinski definition) is 3. The number of benzene rings is 3. The summed E-state index contributed by atoms with van der Waals surface area (Å²) in [5.41, 5.74) is 1.40. The largest absolute Gasteiger partial charge is 0.507 e. The molecule has 0 bridgehead atoms. The molecule has 3 aromatic carbocycles. The van der Waals surface area contributed by atoms with Crippen molar-refractivity contribution < 1.29 is 19.8 Å². The number of carbonyl (C=O) groups is 2. The number of aromatic hydroxyl groups is 1. The van der Waals surface area contributed by atoms with Crippen molar-refractivity contribution in [3.05, 3.63) is 71.3 Å². The number of hydrogen-bond acceptors (Lipinski definition) is 3. The molecular formula is C19H15NO4. The quantitative estimate of drug-likeness (QED) is 0.685. The summed E-state index contributed by atoms with van der Waals surface area (Å²) in [5, 5.41) is 23.6. The molecule has 0 spiro atoms. The van der Waals surface area contributed by atoms with Gasteiger partial charge in [-0.25, -0.2) is 4.79 Å². The van der Waals surface area contributed by atoms with Crippen LogP contribution in [0, 0.1) is 6.92 Å². The first kappa shape index (κ1) is 15.6. The minimum Gasteiger partial charge on any atom is -0.507 e. The molecule has 0 saturated carbocycles. The lowest BCUT2D eigenvalue weighted by molar-refractivity contribution is 0.0696. The van der Waals surface area contributed by atoms with E-state index in [1.807, 2.05) is 24.3 Å². The Bertz CT molecular complexity index is 945. The first-order chi connectivity index (χ1) is 11.5. The van der Waals surface area contributed by atoms with Crippen LogP contribution in [-0.2, 0) is 0 Å². The summed E-state index contributed by atoms with van der Waals surface area (Å²) in [6.45, 7) is 1.76. The first-order valence-corrected chi connectivity index (χ1v) is 7.33. The van der Waals surface area contributed by atoms with E-state index in [0.29, 0.717) is 11.3 Å². The summed E-state index contributed by atoms with van der Waals surface area (Å²) in [6, 6.07) is 15.0. The van der Waals surface area contributed by atoms with Gasteiger partial charge in [0.15, 0.2) is 0 Å². The van der Waals surface area contributed by atoms with Crippen LogP contribution in [0.1, 0.15) is 26.3 Å². The number of carboxylic acids is 1. The molecule has 0 radical (unpaired) electrons. The number of nitrogens with one attached hydrogen (secondary N) is 1. The number of amides is 1. The summed E-state index contributed by atoms with van der Waals surface area (Å²) < 4.78 is 0. The monoisotopic (exact) mass is 321 g/mol. The van der Waals surface area contributed by atoms with E-state index in [4.69, 9.17) is 5.11 Å². The molecule has 0 fully saturated rings. The second-order valence-electron chi connectivity index (χ2n) is 5.46. The second-order valence-corrected chi connectivity index (χ2v) is 5.46. The van der Waals surface area contributed by atoms with Crippen LogP contribution in [0.15, 0.2) is 54.6 Å². The molecule has 3 N–H and O–H groups in total. The number of fused-ring (bicyclic) bond motifs is 1. The van der Waals surface area contributed by atoms with Crippen molar-refractivity contribution in [2.45, 2.75) is 6.92 Å². The van der Waals surface area contributed by atoms with Gasteiger partial charge in [0.2, 0.25) is 0 Å². The molecule has 0 aliphatic carbocycles. The smallest absolute Gasteiger partial charge is 0.335 e. The van der Waals surface area contributed by atoms with Gasteiger partial charge in [-0.15, -0.1) is 0 Å². The normalized spacial score (nSPS) is 10.5. The predicted octanol–water partition coefficient (Wildman–Crippen LogP) is 3.80. The highest BCUT2D eigenvalue weighted by molar-refractivity contribution is 6.09. The van der Waals surface area contributed by atoms with Crippen LogP contribution in [0.25, 0.3) is 10.8 Å². The van der Waals surface area contributed by atoms with Crippen LogP contribution < -0.4 is 5.32 Å². The van der Waals surface area contributed by atoms with E-state index in [0.717, 1.165) is 10.8 Å². The summed E-state index contributed by atoms with van der Waals surface area (Å²) >= 11 is 0. The Kier molecular flexibility index (Phi) is 3.92. The fraction of sp³-hybridized carbons (Fsp3) is 0.0526. The number of rotatable bonds is 3. The number of aromatic carboxylic acids is 1. The maximum absolute atomic E-state index is 12.5. The number of aryl methyl sites for hydroxylation is 1. The average molecular weight is 321 g/mol. The van der Waals surface area contributed by atoms with E-state index in [1.165, 1.54) is 24.3 Å². The number of carbonyl (C=O) groups excluding carboxylic acids is 1. The van der Waals surface area contributed by atoms with Crippen molar-refractivity contribution >= 4 is 28.3 Å². The van der Waals surface area contributed by atoms with Gasteiger partial charge in [0.25, 0.3) is 5.91 Å². The standard InChI is InChI=1S/C19H15NO4/c1-11-15-5-3-2-4-13(15)10-16(17(11)21)18(22)20-14-8-6-12(7-9-14)19(23)24/h2-10,21H,1H3,(H,20,22)(H,23,24). The fourth-order valence-corrected chi connectivity index (χ4v) is 2.59. The van der Waals surface area contributed by atoms with Gasteiger partial charge in [-0.2, -0.15) is 0 Å². The molecule has 0 aliphatic heterocycles. The first-order valence-electron chi connectivity index (χ1n) is 7.33. The maximum Gasteiger partial charge on any atom is 0.335 e. The van der Waals surface area contributed by atoms with Crippen LogP contribution in [-0.4, -0.2) is 22.1 Å². The Morgan fingerprint density at radius 1 is 1.00 bits per heavy atom. The second kappa shape index (κ2) is 6.04. The summed E-state index contributed by atoms with van der Waals surface area (Å²) in [4.78, 5) is 23.3. The minimum absolute atomic E-state index is 0.0617. The number of carboxylic acid groups (broad SMARTS) is 1. The van der Waals surface area contributed by atoms with Gasteiger partial charge in [0, 0.05) is 5.69 Å². The van der Waals surface area contributed by atoms with Crippen molar-refractivity contribution in [3.8, 4) is 5.75 Å². The van der Waals surface area contributed by atoms with Gasteiger partial charge in [0.1, 0.15) is 5.75 Å². The molecule has 1 amide bonds. The van der Waals surface area contributed by atoms with Gasteiger partial charge in [-0.3, -0.25) is 4.79 Å². The third-order valence-electron chi connectivity index (χ3n) is 3.91. The molecule has 0 saturated heterocycles. The van der Waals surface area contributed by atoms with Crippen molar-refractivity contribution in [3.63, 3.8) is 0 Å². The number of phenolic OH excluding ortho intramolecular Hbond substituents is 1. The highest BCUT2D eigenvalue weighted by Gasteiger charge is 2.16. The lowest BCUT2D eigenvalue weighted by atomic mass is 10.00. The third-order valence-corrected chi connectivity index (χ3v) is 3.91. The van der Waals surface area contributed by atoms with Gasteiger partial charge in [-0.05, 0) is 53.6 Å². The third kappa shape index (κ3) is 2.79. The van der Waals surface area contributed by atoms with Crippen LogP contribution >= 0.6 is 0 Å². The van der Waals surface area contributed by atoms with Crippen LogP contribution in [0.4, 0.5) is 5.69 Å². The van der Waals surface area contributed by atoms with Crippen LogP contribution in [0.3, 0.4) is 0 Å². The van der Waals surface area contributed by atoms with Crippen molar-refractivity contribution in [2.24, 2.45) is 0 Å². The zero-order valence-corrected chi connectivity index (χ0v) is 12.9. The molecule has 24 heavy (non-hydrogen) atoms. The molecule has 120 valence electrons. The van der Waals surface area contributed by atoms with Crippen molar-refractivity contribution in [1.82, 2.24) is 0 Å². The molecule has 0 aliphatic rings. The highest BCUT2D eigenvalue weighted by Crippen LogP contribution is 2.31. The Balaban J connectivity index is 1.94. The van der Waals surface area contributed by atoms with E-state index >= 15 is 0 Å². The lowest BCUT2D eigenvalue weighted by Crippen LogP contribution is -2.12. The molecule has 3 aromatic rings. The maximum atomic E-state index is 12.5. The van der Waals surface area contributed by atoms with E-state index in [9.17, 15) is 14.7 Å². The SMILES string of the molecule is Cc1c(O)c(C(=O)Nc2ccc(C(=O)O)cc2)cc2ccccc12. The minimum atomic E-state index is -1.03. The van der Waals surface area contributed by atoms with Gasteiger partial charge in [0.05, 0.1) is 11.1 Å². The molecule has 0 aromatic heterocycles. The predicted molar refractivity (Wildman–Crippen MR) is 91.7 cm³/mol. The Hall–Kier alpha value is -3.34. The molecule has 5 heteroatoms. The van der Waals surface area contributed by atoms with Gasteiger partial charge < -0.3 is 15.5 Å². The molecular weight excluding hydrogens is 306 g/mol. The summed E-state index contributed by atoms with van der Waals surface area (Å²) in [6.07, 6.45) is 0. The molecule has 0 unspecified atom stereocenters. The molecule has 0 heterocycles. The highest BCUT2D eigenvalue weighted by atomic mass is 16.4. The average Bonchev–Trinajstić information content (AvgIpc) is 2.58. The zero-order chi connectivity index (χ0) is 17.3. The lowest BCUT2D eigenvalue weighted by Gasteiger charge is -2.11. The number of phenols is 1. The zero-order valence-electron chi connectivity index (χ0n) is 12.9. The van der Waals surface area contributed by atoms with E-state index in [1.54, 1.807) is 13.0 Å². The Morgan fingerprint density at radius 3 is 2.33 bits per heavy atom. The number of anilines is 1. The molecule has 3 rings (SSSR count). The molecule has 0 atom stereocenters. The fourth-order valence-electron chi connectivity index (χ4n) is 2.59. The van der Waals surface area contributed by atoms with Gasteiger partial charge >= 0.3 is 5.97 Å². The van der Waals surface area contributed by atoms with E-state index in [-0.39, 0.29) is 16.9 Å². The molecule has 5 nitrogen and oxygen atoms in total. The topological polar surface area (TPSA) is 86.6 Å². The van der Waals surface area contributed by atoms with Crippen LogP contribution in [0.5, 0.6) is 5.75 Å². The summed E-state index contributed by atoms with van der Waals surface area (Å²) in [5.74, 6) is -1.55. The summed E-state index contributed by atoms with van der Waals surface area (Å²) in [7, 11) is 0. The Labute approximate surface area is 138 Å². The Morgan fingerprint density at radius 2 is 1.67 bits per heavy atom. The van der Waals surface area contributed by atoms with Gasteiger partial charge in [-0.1, -0.05) is 24.3 Å². The van der Waals surface area contributed by atoms with E-state index in [2.05, 4.69) is 5.32 Å². The van der Waals surface area contributed by atoms with Crippen molar-refractivity contribution in [1.29, 1.82) is 0 Å². The van der Waals surface area contributed by atoms with Crippen molar-refractivity contribution in [2.75, 3.05) is 5.32 Å².